The third-order valence-electron chi connectivity index (χ3n) is 0.165. The Labute approximate surface area is 53.4 Å². The fraction of sp³-hybridized carbons (Fsp3) is 0.500. The summed E-state index contributed by atoms with van der Waals surface area (Å²) in [5, 5.41) is 0. The van der Waals surface area contributed by atoms with E-state index in [0.29, 0.717) is 0 Å². The summed E-state index contributed by atoms with van der Waals surface area (Å²) in [7, 11) is 0. The molecule has 2 radical (unpaired) electrons. The molecule has 5 heteroatoms. The molecule has 0 rings (SSSR count). The molecule has 0 aliphatic rings. The molecule has 0 aliphatic heterocycles. The minimum Gasteiger partial charge on any atom is -0.203 e. The van der Waals surface area contributed by atoms with E-state index in [1.165, 1.54) is 0 Å². The molecule has 0 atom stereocenters. The molecule has 0 saturated heterocycles. The maximum absolute atomic E-state index is 10.4. The van der Waals surface area contributed by atoms with Gasteiger partial charge in [0.15, 0.2) is 0 Å². The number of hydrogen-bond acceptors (Lipinski definition) is 0. The Morgan fingerprint density at radius 3 is 1.29 bits per heavy atom. The summed E-state index contributed by atoms with van der Waals surface area (Å²) >= 11 is 0. The second kappa shape index (κ2) is 4.62. The Balaban J connectivity index is 0. The van der Waals surface area contributed by atoms with E-state index in [2.05, 4.69) is 0 Å². The molecule has 0 amide bonds. The van der Waals surface area contributed by atoms with Crippen molar-refractivity contribution >= 4 is 0 Å². The third kappa shape index (κ3) is 6.46. The van der Waals surface area contributed by atoms with E-state index in [0.717, 1.165) is 0 Å². The fourth-order valence-corrected chi connectivity index (χ4v) is 0. The van der Waals surface area contributed by atoms with Gasteiger partial charge in [-0.25, -0.2) is 8.78 Å². The molecule has 0 N–H and O–H groups in total. The van der Waals surface area contributed by atoms with E-state index < -0.39 is 12.9 Å². The normalized spacial score (nSPS) is 9.43. The first-order valence-electron chi connectivity index (χ1n) is 1.10. The molecule has 48 valence electrons. The van der Waals surface area contributed by atoms with Crippen LogP contribution in [0, 0.1) is 6.43 Å². The van der Waals surface area contributed by atoms with Gasteiger partial charge in [0.05, 0.1) is 0 Å². The van der Waals surface area contributed by atoms with Crippen LogP contribution in [0.15, 0.2) is 0 Å². The molecule has 0 aromatic carbocycles. The van der Waals surface area contributed by atoms with E-state index >= 15 is 0 Å². The topological polar surface area (TPSA) is 0 Å². The first-order valence-corrected chi connectivity index (χ1v) is 1.10. The Hall–Kier alpha value is 0.460. The van der Waals surface area contributed by atoms with Crippen LogP contribution >= 0.6 is 0 Å². The molecule has 0 aromatic rings. The van der Waals surface area contributed by atoms with Crippen molar-refractivity contribution in [3.8, 4) is 0 Å². The zero-order chi connectivity index (χ0) is 5.15. The maximum Gasteiger partial charge on any atom is 0.375 e. The first-order chi connectivity index (χ1) is 2.64. The van der Waals surface area contributed by atoms with Gasteiger partial charge in [0.1, 0.15) is 0 Å². The minimum atomic E-state index is -3.56. The Morgan fingerprint density at radius 2 is 1.29 bits per heavy atom. The quantitative estimate of drug-likeness (QED) is 0.455. The predicted octanol–water partition coefficient (Wildman–Crippen LogP) is 1.68. The Kier molecular flexibility index (Phi) is 6.89. The molecule has 0 saturated carbocycles. The zero-order valence-electron chi connectivity index (χ0n) is 2.89. The van der Waals surface area contributed by atoms with Gasteiger partial charge in [-0.05, 0) is 0 Å². The van der Waals surface area contributed by atoms with E-state index in [1.54, 1.807) is 0 Å². The van der Waals surface area contributed by atoms with Crippen LogP contribution < -0.4 is 0 Å². The van der Waals surface area contributed by atoms with Crippen molar-refractivity contribution in [1.82, 2.24) is 0 Å². The second-order valence-electron chi connectivity index (χ2n) is 0.590. The van der Waals surface area contributed by atoms with E-state index in [9.17, 15) is 17.6 Å². The molecular weight excluding hydrogens is 208 g/mol. The van der Waals surface area contributed by atoms with Crippen LogP contribution in [0.4, 0.5) is 17.6 Å². The van der Waals surface area contributed by atoms with Gasteiger partial charge >= 0.3 is 12.9 Å². The van der Waals surface area contributed by atoms with Gasteiger partial charge in [-0.2, -0.15) is 8.78 Å². The Bertz CT molecular complexity index is 30.7. The van der Waals surface area contributed by atoms with Crippen molar-refractivity contribution in [3.63, 3.8) is 0 Å². The molecule has 0 spiro atoms. The van der Waals surface area contributed by atoms with Gasteiger partial charge in [0.2, 0.25) is 0 Å². The van der Waals surface area contributed by atoms with Gasteiger partial charge in [0, 0.05) is 22.4 Å². The van der Waals surface area contributed by atoms with Crippen molar-refractivity contribution in [2.75, 3.05) is 0 Å². The average Bonchev–Trinajstić information content (AvgIpc) is 1.36. The monoisotopic (exact) mass is 208 g/mol. The standard InChI is InChI=1S/C2HF4.Ag/c3-1(4)2(5)6;/h1H;. The number of alkyl halides is 2. The summed E-state index contributed by atoms with van der Waals surface area (Å²) in [4.78, 5) is 0. The molecule has 0 aliphatic carbocycles. The largest absolute Gasteiger partial charge is 0.375 e. The van der Waals surface area contributed by atoms with Crippen LogP contribution in [-0.4, -0.2) is 6.43 Å². The van der Waals surface area contributed by atoms with Gasteiger partial charge in [0.25, 0.3) is 0 Å². The molecule has 0 fully saturated rings. The summed E-state index contributed by atoms with van der Waals surface area (Å²) in [6, 6.07) is 0. The van der Waals surface area contributed by atoms with Crippen molar-refractivity contribution in [3.05, 3.63) is 6.43 Å². The summed E-state index contributed by atoms with van der Waals surface area (Å²) in [5.41, 5.74) is 0. The molecular formula is C2HAgF4. The van der Waals surface area contributed by atoms with Crippen molar-refractivity contribution < 1.29 is 39.9 Å². The fourth-order valence-electron chi connectivity index (χ4n) is 0. The molecule has 0 bridgehead atoms. The van der Waals surface area contributed by atoms with Crippen molar-refractivity contribution in [2.45, 2.75) is 6.43 Å². The van der Waals surface area contributed by atoms with Crippen LogP contribution in [0.2, 0.25) is 0 Å². The van der Waals surface area contributed by atoms with Crippen LogP contribution in [0.3, 0.4) is 0 Å². The van der Waals surface area contributed by atoms with Gasteiger partial charge in [-0.15, -0.1) is 0 Å². The van der Waals surface area contributed by atoms with Gasteiger partial charge in [-0.3, -0.25) is 0 Å². The zero-order valence-corrected chi connectivity index (χ0v) is 4.37. The van der Waals surface area contributed by atoms with E-state index in [4.69, 9.17) is 0 Å². The molecule has 7 heavy (non-hydrogen) atoms. The molecule has 0 aromatic heterocycles. The first kappa shape index (κ1) is 10.4. The SMILES string of the molecule is F[C](F)C(F)F.[Ag]. The Morgan fingerprint density at radius 1 is 1.14 bits per heavy atom. The minimum absolute atomic E-state index is 0. The van der Waals surface area contributed by atoms with E-state index in [1.807, 2.05) is 0 Å². The van der Waals surface area contributed by atoms with Crippen LogP contribution in [0.5, 0.6) is 0 Å². The molecule has 0 unspecified atom stereocenters. The predicted molar refractivity (Wildman–Crippen MR) is 11.5 cm³/mol. The second-order valence-corrected chi connectivity index (χ2v) is 0.590. The van der Waals surface area contributed by atoms with Gasteiger partial charge in [-0.1, -0.05) is 0 Å². The van der Waals surface area contributed by atoms with Gasteiger partial charge < -0.3 is 0 Å². The summed E-state index contributed by atoms with van der Waals surface area (Å²) in [6.45, 7) is 0. The van der Waals surface area contributed by atoms with E-state index in [-0.39, 0.29) is 22.4 Å². The van der Waals surface area contributed by atoms with Crippen LogP contribution in [0.25, 0.3) is 0 Å². The van der Waals surface area contributed by atoms with Crippen LogP contribution in [-0.2, 0) is 22.4 Å². The summed E-state index contributed by atoms with van der Waals surface area (Å²) < 4.78 is 41.4. The molecule has 0 nitrogen and oxygen atoms in total. The third-order valence-corrected chi connectivity index (χ3v) is 0.165. The smallest absolute Gasteiger partial charge is 0.203 e. The van der Waals surface area contributed by atoms with Crippen molar-refractivity contribution in [1.29, 1.82) is 0 Å². The van der Waals surface area contributed by atoms with Crippen LogP contribution in [0.1, 0.15) is 0 Å². The molecule has 0 heterocycles. The number of rotatable bonds is 1. The number of hydrogen-bond donors (Lipinski definition) is 0. The van der Waals surface area contributed by atoms with Crippen molar-refractivity contribution in [2.24, 2.45) is 0 Å². The average molecular weight is 209 g/mol. The maximum atomic E-state index is 10.4. The number of halogens is 4. The summed E-state index contributed by atoms with van der Waals surface area (Å²) in [5.74, 6) is 0. The summed E-state index contributed by atoms with van der Waals surface area (Å²) in [6.07, 6.45) is -6.39.